The lowest BCUT2D eigenvalue weighted by Gasteiger charge is -2.14. The number of nitrogens with zero attached hydrogens (tertiary/aromatic N) is 8. The van der Waals surface area contributed by atoms with Crippen molar-refractivity contribution in [3.8, 4) is 68.0 Å². The second-order valence-corrected chi connectivity index (χ2v) is 34.1. The largest absolute Gasteiger partial charge is 0.455 e. The number of aromatic nitrogens is 8. The Kier molecular flexibility index (Phi) is 15.3. The van der Waals surface area contributed by atoms with Gasteiger partial charge in [0.25, 0.3) is 0 Å². The predicted octanol–water partition coefficient (Wildman–Crippen LogP) is 31.2. The van der Waals surface area contributed by atoms with Crippen LogP contribution in [0.25, 0.3) is 262 Å². The van der Waals surface area contributed by atoms with Crippen molar-refractivity contribution in [2.24, 2.45) is 0 Å². The van der Waals surface area contributed by atoms with E-state index in [1.54, 1.807) is 0 Å². The number of hydrogen-bond donors (Lipinski definition) is 0. The van der Waals surface area contributed by atoms with E-state index in [-0.39, 0.29) is 0 Å². The third kappa shape index (κ3) is 10.6. The van der Waals surface area contributed by atoms with Crippen molar-refractivity contribution in [2.75, 3.05) is 0 Å². The molecule has 0 saturated heterocycles. The van der Waals surface area contributed by atoms with Crippen molar-refractivity contribution in [1.29, 1.82) is 0 Å². The molecule has 0 saturated carbocycles. The van der Waals surface area contributed by atoms with Crippen LogP contribution in [-0.2, 0) is 0 Å². The van der Waals surface area contributed by atoms with Crippen LogP contribution in [0.1, 0.15) is 0 Å². The van der Waals surface area contributed by atoms with Crippen molar-refractivity contribution in [3.63, 3.8) is 0 Å². The summed E-state index contributed by atoms with van der Waals surface area (Å²) in [5, 5.41) is 26.1. The van der Waals surface area contributed by atoms with Gasteiger partial charge in [0.15, 0.2) is 11.6 Å². The fraction of sp³-hybridized carbons (Fsp3) is 0. The maximum absolute atomic E-state index is 6.51. The van der Waals surface area contributed by atoms with Crippen molar-refractivity contribution in [2.45, 2.75) is 0 Å². The molecule has 0 aliphatic heterocycles. The van der Waals surface area contributed by atoms with Gasteiger partial charge in [-0.15, -0.1) is 11.3 Å². The summed E-state index contributed by atoms with van der Waals surface area (Å²) in [6.45, 7) is 0. The van der Waals surface area contributed by atoms with E-state index in [0.717, 1.165) is 116 Å². The normalized spacial score (nSPS) is 12.1. The molecule has 28 aromatic rings. The minimum atomic E-state index is 0.673. The van der Waals surface area contributed by atoms with E-state index in [0.29, 0.717) is 5.82 Å². The summed E-state index contributed by atoms with van der Waals surface area (Å²) in [6, 6.07) is 149. The van der Waals surface area contributed by atoms with Crippen LogP contribution in [0.2, 0.25) is 0 Å². The van der Waals surface area contributed by atoms with Crippen LogP contribution in [0.5, 0.6) is 0 Å². The van der Waals surface area contributed by atoms with Gasteiger partial charge in [-0.3, -0.25) is 0 Å². The molecule has 8 heterocycles. The first-order valence-corrected chi connectivity index (χ1v) is 43.6. The number of benzene rings is 20. The van der Waals surface area contributed by atoms with Gasteiger partial charge in [0, 0.05) is 129 Å². The van der Waals surface area contributed by atoms with Crippen LogP contribution in [0, 0.1) is 0 Å². The van der Waals surface area contributed by atoms with Crippen LogP contribution >= 0.6 is 11.3 Å². The second kappa shape index (κ2) is 27.4. The zero-order chi connectivity index (χ0) is 82.3. The van der Waals surface area contributed by atoms with Gasteiger partial charge in [-0.1, -0.05) is 279 Å². The molecular formula is C116H68N8OS. The van der Waals surface area contributed by atoms with Crippen molar-refractivity contribution in [3.05, 3.63) is 413 Å². The predicted molar refractivity (Wildman–Crippen MR) is 528 cm³/mol. The van der Waals surface area contributed by atoms with Gasteiger partial charge in [0.1, 0.15) is 11.2 Å². The Morgan fingerprint density at radius 1 is 0.214 bits per heavy atom. The second-order valence-electron chi connectivity index (χ2n) is 33.0. The molecule has 0 N–H and O–H groups in total. The highest BCUT2D eigenvalue weighted by molar-refractivity contribution is 7.26. The zero-order valence-electron chi connectivity index (χ0n) is 67.7. The molecular weight excluding hydrogens is 1550 g/mol. The zero-order valence-corrected chi connectivity index (χ0v) is 68.5. The van der Waals surface area contributed by atoms with E-state index in [1.807, 2.05) is 35.6 Å². The van der Waals surface area contributed by atoms with E-state index in [4.69, 9.17) is 24.4 Å². The molecule has 126 heavy (non-hydrogen) atoms. The average Bonchev–Trinajstić information content (AvgIpc) is 1.56. The first kappa shape index (κ1) is 70.1. The first-order chi connectivity index (χ1) is 62.5. The van der Waals surface area contributed by atoms with Crippen molar-refractivity contribution >= 4 is 206 Å². The average molecular weight is 1620 g/mol. The summed E-state index contributed by atoms with van der Waals surface area (Å²) in [6.07, 6.45) is 0. The first-order valence-electron chi connectivity index (χ1n) is 42.8. The molecule has 20 aromatic carbocycles. The lowest BCUT2D eigenvalue weighted by Crippen LogP contribution is -1.98. The number of hydrogen-bond acceptors (Lipinski definition) is 6. The lowest BCUT2D eigenvalue weighted by atomic mass is 10.0. The molecule has 0 radical (unpaired) electrons. The van der Waals surface area contributed by atoms with Gasteiger partial charge in [-0.25, -0.2) is 19.9 Å². The molecule has 0 aliphatic carbocycles. The van der Waals surface area contributed by atoms with Gasteiger partial charge < -0.3 is 22.7 Å². The van der Waals surface area contributed by atoms with Crippen LogP contribution in [-0.4, -0.2) is 38.2 Å². The quantitative estimate of drug-likeness (QED) is 0.151. The highest BCUT2D eigenvalue weighted by atomic mass is 32.1. The van der Waals surface area contributed by atoms with Crippen molar-refractivity contribution in [1.82, 2.24) is 38.2 Å². The highest BCUT2D eigenvalue weighted by Gasteiger charge is 2.25. The molecule has 584 valence electrons. The van der Waals surface area contributed by atoms with E-state index in [2.05, 4.69) is 407 Å². The van der Waals surface area contributed by atoms with Gasteiger partial charge >= 0.3 is 0 Å². The summed E-state index contributed by atoms with van der Waals surface area (Å²) in [5.74, 6) is 1.40. The topological polar surface area (TPSA) is 84.4 Å². The number of rotatable bonds is 8. The Morgan fingerprint density at radius 2 is 0.603 bits per heavy atom. The smallest absolute Gasteiger partial charge is 0.160 e. The fourth-order valence-corrected chi connectivity index (χ4v) is 21.8. The number of thiophene rings is 1. The monoisotopic (exact) mass is 1620 g/mol. The van der Waals surface area contributed by atoms with E-state index in [9.17, 15) is 0 Å². The minimum Gasteiger partial charge on any atom is -0.455 e. The number of fused-ring (bicyclic) bond motifs is 24. The van der Waals surface area contributed by atoms with E-state index >= 15 is 0 Å². The number of para-hydroxylation sites is 10. The Labute approximate surface area is 723 Å². The Balaban J connectivity index is 0.000000131. The SMILES string of the molecule is c1cc(-n2c3ccccc3c3cc4c(-n5c6ccccc6c6ccccc65)cccc4cc32)c2ccc(-c3nc(-c4cccc5c4oc4ccccc45)c4ccccc4n3)cc2c1.c1cc(-n2c3ccccc3c3ccccc32)c2cc3c4ccccc4n(-c4ccc5cc(-c6nc(-c7cccc8c7sc7ccccc78)c7ccccc7n6)ccc5c4)c3cc2c1. The summed E-state index contributed by atoms with van der Waals surface area (Å²) >= 11 is 1.83. The summed E-state index contributed by atoms with van der Waals surface area (Å²) < 4.78 is 18.8. The Bertz CT molecular complexity index is 9440. The molecule has 10 heteroatoms. The molecule has 0 amide bonds. The molecule has 28 rings (SSSR count). The molecule has 9 nitrogen and oxygen atoms in total. The van der Waals surface area contributed by atoms with Gasteiger partial charge in [-0.2, -0.15) is 0 Å². The lowest BCUT2D eigenvalue weighted by molar-refractivity contribution is 0.670. The molecule has 8 aromatic heterocycles. The van der Waals surface area contributed by atoms with Crippen LogP contribution in [0.3, 0.4) is 0 Å². The van der Waals surface area contributed by atoms with Crippen LogP contribution in [0.15, 0.2) is 417 Å². The van der Waals surface area contributed by atoms with Crippen LogP contribution < -0.4 is 0 Å². The highest BCUT2D eigenvalue weighted by Crippen LogP contribution is 2.47. The van der Waals surface area contributed by atoms with Gasteiger partial charge in [-0.05, 0) is 160 Å². The summed E-state index contributed by atoms with van der Waals surface area (Å²) in [4.78, 5) is 21.0. The number of furan rings is 1. The third-order valence-corrected chi connectivity index (χ3v) is 27.4. The molecule has 0 fully saturated rings. The molecule has 0 atom stereocenters. The Morgan fingerprint density at radius 3 is 1.17 bits per heavy atom. The third-order valence-electron chi connectivity index (χ3n) is 26.2. The summed E-state index contributed by atoms with van der Waals surface area (Å²) in [7, 11) is 0. The van der Waals surface area contributed by atoms with Gasteiger partial charge in [0.2, 0.25) is 0 Å². The maximum atomic E-state index is 6.51. The molecule has 0 unspecified atom stereocenters. The van der Waals surface area contributed by atoms with Crippen molar-refractivity contribution < 1.29 is 4.42 Å². The van der Waals surface area contributed by atoms with Crippen LogP contribution in [0.4, 0.5) is 0 Å². The maximum Gasteiger partial charge on any atom is 0.160 e. The van der Waals surface area contributed by atoms with E-state index in [1.165, 1.54) is 140 Å². The molecule has 0 aliphatic rings. The van der Waals surface area contributed by atoms with Gasteiger partial charge in [0.05, 0.1) is 83.6 Å². The Hall–Kier alpha value is -16.7. The fourth-order valence-electron chi connectivity index (χ4n) is 20.5. The van der Waals surface area contributed by atoms with E-state index < -0.39 is 0 Å². The molecule has 0 bridgehead atoms. The summed E-state index contributed by atoms with van der Waals surface area (Å²) in [5.41, 5.74) is 23.5. The molecule has 0 spiro atoms. The minimum absolute atomic E-state index is 0.673. The standard InChI is InChI=1S/C58H34N4O.C58H34N4S/c1-6-23-48-44(20-1)56(45-22-13-21-43-42-19-5-10-29-55(42)63-57(43)45)60-58(59-48)37-30-31-38-35(32-37)14-11-27-49(38)62-52-26-9-4-18-41(52)47-34-46-36(33-54(47)62)15-12-28-53(46)61-50-24-7-2-16-39(50)40-17-3-8-25-51(40)61;1-6-21-49-45(18-1)56(46-20-12-19-44-43-17-5-10-26-55(43)63-57(44)46)60-58(59-49)38-28-27-36-32-39(30-29-35(36)31-38)61-50-22-7-4-16-42(50)48-34-47-37(33-54(48)61)13-11-25-53(47)62-51-23-8-2-14-40(51)41-15-3-9-24-52(41)62/h2*1-34H.